The van der Waals surface area contributed by atoms with Gasteiger partial charge in [-0.1, -0.05) is 13.8 Å². The lowest BCUT2D eigenvalue weighted by Gasteiger charge is -2.15. The van der Waals surface area contributed by atoms with Crippen LogP contribution in [0.4, 0.5) is 5.13 Å². The van der Waals surface area contributed by atoms with Gasteiger partial charge in [0.2, 0.25) is 0 Å². The summed E-state index contributed by atoms with van der Waals surface area (Å²) in [7, 11) is 0. The number of amides is 1. The summed E-state index contributed by atoms with van der Waals surface area (Å²) in [4.78, 5) is 18.2. The third-order valence-corrected chi connectivity index (χ3v) is 5.03. The Bertz CT molecular complexity index is 679. The highest BCUT2D eigenvalue weighted by molar-refractivity contribution is 7.15. The number of benzene rings is 1. The number of thiazole rings is 1. The molecule has 1 unspecified atom stereocenters. The van der Waals surface area contributed by atoms with Crippen molar-refractivity contribution in [2.75, 3.05) is 11.9 Å². The third-order valence-electron chi connectivity index (χ3n) is 4.00. The number of carbonyl (C=O) groups excluding carboxylic acids is 1. The number of aromatic nitrogens is 1. The van der Waals surface area contributed by atoms with Crippen molar-refractivity contribution in [1.29, 1.82) is 0 Å². The zero-order chi connectivity index (χ0) is 16.2. The number of hydrogen-bond acceptors (Lipinski definition) is 4. The van der Waals surface area contributed by atoms with E-state index in [-0.39, 0.29) is 5.91 Å². The molecule has 3 rings (SSSR count). The molecule has 2 aromatic rings. The molecule has 1 aromatic heterocycles. The fourth-order valence-corrected chi connectivity index (χ4v) is 3.85. The first-order valence-corrected chi connectivity index (χ1v) is 9.00. The van der Waals surface area contributed by atoms with Crippen LogP contribution in [-0.4, -0.2) is 17.5 Å². The molecule has 0 saturated carbocycles. The van der Waals surface area contributed by atoms with Gasteiger partial charge in [0, 0.05) is 10.4 Å². The second kappa shape index (κ2) is 7.13. The van der Waals surface area contributed by atoms with Gasteiger partial charge < -0.3 is 4.74 Å². The van der Waals surface area contributed by atoms with Crippen LogP contribution in [0.15, 0.2) is 24.3 Å². The number of rotatable bonds is 5. The summed E-state index contributed by atoms with van der Waals surface area (Å²) in [6, 6.07) is 7.24. The van der Waals surface area contributed by atoms with Gasteiger partial charge in [-0.3, -0.25) is 10.1 Å². The molecule has 1 atom stereocenters. The second-order valence-electron chi connectivity index (χ2n) is 6.06. The fourth-order valence-electron chi connectivity index (χ4n) is 2.69. The van der Waals surface area contributed by atoms with E-state index in [2.05, 4.69) is 24.1 Å². The molecule has 1 aliphatic rings. The Morgan fingerprint density at radius 3 is 2.91 bits per heavy atom. The van der Waals surface area contributed by atoms with Crippen LogP contribution < -0.4 is 10.1 Å². The minimum Gasteiger partial charge on any atom is -0.494 e. The molecule has 0 aliphatic heterocycles. The molecular weight excluding hydrogens is 308 g/mol. The summed E-state index contributed by atoms with van der Waals surface area (Å²) in [5, 5.41) is 3.63. The Labute approximate surface area is 140 Å². The van der Waals surface area contributed by atoms with E-state index < -0.39 is 0 Å². The van der Waals surface area contributed by atoms with E-state index in [1.54, 1.807) is 23.5 Å². The van der Waals surface area contributed by atoms with Gasteiger partial charge in [-0.05, 0) is 55.9 Å². The topological polar surface area (TPSA) is 51.2 Å². The van der Waals surface area contributed by atoms with E-state index >= 15 is 0 Å². The number of carbonyl (C=O) groups is 1. The number of fused-ring (bicyclic) bond motifs is 1. The Hall–Kier alpha value is -1.88. The highest BCUT2D eigenvalue weighted by Crippen LogP contribution is 2.32. The third kappa shape index (κ3) is 3.91. The molecule has 5 heteroatoms. The van der Waals surface area contributed by atoms with Crippen molar-refractivity contribution in [3.8, 4) is 5.75 Å². The lowest BCUT2D eigenvalue weighted by Crippen LogP contribution is -2.12. The van der Waals surface area contributed by atoms with Gasteiger partial charge in [-0.2, -0.15) is 0 Å². The summed E-state index contributed by atoms with van der Waals surface area (Å²) in [5.74, 6) is 1.38. The molecule has 1 amide bonds. The van der Waals surface area contributed by atoms with Crippen molar-refractivity contribution in [3.05, 3.63) is 40.4 Å². The van der Waals surface area contributed by atoms with Crippen LogP contribution in [0.1, 0.15) is 47.6 Å². The molecule has 0 bridgehead atoms. The van der Waals surface area contributed by atoms with Gasteiger partial charge >= 0.3 is 0 Å². The summed E-state index contributed by atoms with van der Waals surface area (Å²) in [6.45, 7) is 5.02. The number of anilines is 1. The van der Waals surface area contributed by atoms with Crippen molar-refractivity contribution in [2.24, 2.45) is 5.92 Å². The average Bonchev–Trinajstić information content (AvgIpc) is 2.94. The molecule has 0 fully saturated rings. The van der Waals surface area contributed by atoms with Gasteiger partial charge in [-0.25, -0.2) is 4.98 Å². The van der Waals surface area contributed by atoms with Crippen LogP contribution in [-0.2, 0) is 12.8 Å². The molecule has 1 N–H and O–H groups in total. The van der Waals surface area contributed by atoms with Crippen LogP contribution in [0.2, 0.25) is 0 Å². The van der Waals surface area contributed by atoms with E-state index in [0.29, 0.717) is 23.2 Å². The van der Waals surface area contributed by atoms with E-state index in [1.807, 2.05) is 12.1 Å². The van der Waals surface area contributed by atoms with Gasteiger partial charge in [0.1, 0.15) is 5.75 Å². The lowest BCUT2D eigenvalue weighted by atomic mass is 9.93. The van der Waals surface area contributed by atoms with Crippen LogP contribution in [0.25, 0.3) is 0 Å². The number of aryl methyl sites for hydroxylation is 1. The van der Waals surface area contributed by atoms with Crippen molar-refractivity contribution in [3.63, 3.8) is 0 Å². The first kappa shape index (κ1) is 16.0. The maximum absolute atomic E-state index is 12.3. The van der Waals surface area contributed by atoms with Crippen LogP contribution in [0.3, 0.4) is 0 Å². The SMILES string of the molecule is CCCOc1ccc(C(=O)Nc2nc3c(s2)CC(C)CC3)cc1. The number of hydrogen-bond donors (Lipinski definition) is 1. The first-order chi connectivity index (χ1) is 11.2. The van der Waals surface area contributed by atoms with E-state index in [9.17, 15) is 4.79 Å². The Kier molecular flexibility index (Phi) is 4.96. The first-order valence-electron chi connectivity index (χ1n) is 8.18. The van der Waals surface area contributed by atoms with Crippen molar-refractivity contribution in [2.45, 2.75) is 39.5 Å². The van der Waals surface area contributed by atoms with Crippen molar-refractivity contribution >= 4 is 22.4 Å². The molecule has 1 aromatic carbocycles. The molecule has 0 spiro atoms. The maximum atomic E-state index is 12.3. The molecule has 23 heavy (non-hydrogen) atoms. The van der Waals surface area contributed by atoms with Gasteiger partial charge in [0.25, 0.3) is 5.91 Å². The fraction of sp³-hybridized carbons (Fsp3) is 0.444. The van der Waals surface area contributed by atoms with E-state index in [0.717, 1.165) is 30.7 Å². The van der Waals surface area contributed by atoms with Crippen molar-refractivity contribution in [1.82, 2.24) is 4.98 Å². The predicted octanol–water partition coefficient (Wildman–Crippen LogP) is 4.31. The minimum atomic E-state index is -0.119. The maximum Gasteiger partial charge on any atom is 0.257 e. The van der Waals surface area contributed by atoms with Gasteiger partial charge in [-0.15, -0.1) is 11.3 Å². The number of ether oxygens (including phenoxy) is 1. The summed E-state index contributed by atoms with van der Waals surface area (Å²) < 4.78 is 5.53. The summed E-state index contributed by atoms with van der Waals surface area (Å²) in [6.07, 6.45) is 4.25. The molecule has 0 saturated heterocycles. The Balaban J connectivity index is 1.65. The molecule has 122 valence electrons. The quantitative estimate of drug-likeness (QED) is 0.889. The molecular formula is C18H22N2O2S. The van der Waals surface area contributed by atoms with Crippen LogP contribution in [0, 0.1) is 5.92 Å². The number of nitrogens with zero attached hydrogens (tertiary/aromatic N) is 1. The van der Waals surface area contributed by atoms with Crippen LogP contribution >= 0.6 is 11.3 Å². The molecule has 0 radical (unpaired) electrons. The van der Waals surface area contributed by atoms with Gasteiger partial charge in [0.05, 0.1) is 12.3 Å². The minimum absolute atomic E-state index is 0.119. The van der Waals surface area contributed by atoms with E-state index in [1.165, 1.54) is 11.3 Å². The predicted molar refractivity (Wildman–Crippen MR) is 93.5 cm³/mol. The molecule has 4 nitrogen and oxygen atoms in total. The van der Waals surface area contributed by atoms with E-state index in [4.69, 9.17) is 4.74 Å². The monoisotopic (exact) mass is 330 g/mol. The van der Waals surface area contributed by atoms with Crippen molar-refractivity contribution < 1.29 is 9.53 Å². The highest BCUT2D eigenvalue weighted by atomic mass is 32.1. The molecule has 1 aliphatic carbocycles. The Morgan fingerprint density at radius 2 is 2.17 bits per heavy atom. The second-order valence-corrected chi connectivity index (χ2v) is 7.15. The number of nitrogens with one attached hydrogen (secondary N) is 1. The van der Waals surface area contributed by atoms with Gasteiger partial charge in [0.15, 0.2) is 5.13 Å². The summed E-state index contributed by atoms with van der Waals surface area (Å²) in [5.41, 5.74) is 1.78. The lowest BCUT2D eigenvalue weighted by molar-refractivity contribution is 0.102. The van der Waals surface area contributed by atoms with Crippen LogP contribution in [0.5, 0.6) is 5.75 Å². The normalized spacial score (nSPS) is 16.7. The standard InChI is InChI=1S/C18H22N2O2S/c1-3-10-22-14-7-5-13(6-8-14)17(21)20-18-19-15-9-4-12(2)11-16(15)23-18/h5-8,12H,3-4,9-11H2,1-2H3,(H,19,20,21). The Morgan fingerprint density at radius 1 is 1.39 bits per heavy atom. The summed E-state index contributed by atoms with van der Waals surface area (Å²) >= 11 is 1.61. The molecule has 1 heterocycles. The zero-order valence-electron chi connectivity index (χ0n) is 13.6. The highest BCUT2D eigenvalue weighted by Gasteiger charge is 2.20. The smallest absolute Gasteiger partial charge is 0.257 e. The average molecular weight is 330 g/mol. The largest absolute Gasteiger partial charge is 0.494 e. The zero-order valence-corrected chi connectivity index (χ0v) is 14.4.